The van der Waals surface area contributed by atoms with Gasteiger partial charge in [0.15, 0.2) is 11.6 Å². The summed E-state index contributed by atoms with van der Waals surface area (Å²) >= 11 is 1.34. The molecule has 0 aliphatic rings. The van der Waals surface area contributed by atoms with Crippen molar-refractivity contribution in [2.24, 2.45) is 0 Å². The molecule has 7 heteroatoms. The average molecular weight is 367 g/mol. The molecule has 0 aliphatic carbocycles. The van der Waals surface area contributed by atoms with Crippen molar-refractivity contribution >= 4 is 11.3 Å². The molecule has 0 bridgehead atoms. The number of nitrogens with zero attached hydrogens (tertiary/aromatic N) is 1. The molecule has 0 unspecified atom stereocenters. The van der Waals surface area contributed by atoms with Gasteiger partial charge in [-0.1, -0.05) is 24.3 Å². The van der Waals surface area contributed by atoms with Crippen molar-refractivity contribution < 1.29 is 22.3 Å². The molecule has 0 N–H and O–H groups in total. The van der Waals surface area contributed by atoms with Crippen LogP contribution in [0.5, 0.6) is 5.75 Å². The lowest BCUT2D eigenvalue weighted by atomic mass is 10.1. The zero-order chi connectivity index (χ0) is 17.9. The molecule has 0 atom stereocenters. The van der Waals surface area contributed by atoms with Gasteiger partial charge in [-0.15, -0.1) is 11.3 Å². The zero-order valence-electron chi connectivity index (χ0n) is 12.9. The highest BCUT2D eigenvalue weighted by Gasteiger charge is 2.30. The number of hydrogen-bond donors (Lipinski definition) is 0. The van der Waals surface area contributed by atoms with Crippen LogP contribution in [-0.2, 0) is 12.6 Å². The summed E-state index contributed by atoms with van der Waals surface area (Å²) in [7, 11) is 0. The number of hydrogen-bond acceptors (Lipinski definition) is 3. The maximum atomic E-state index is 13.4. The van der Waals surface area contributed by atoms with Crippen LogP contribution in [0.4, 0.5) is 17.6 Å². The minimum Gasteiger partial charge on any atom is -0.490 e. The molecule has 1 heterocycles. The highest BCUT2D eigenvalue weighted by Crippen LogP contribution is 2.31. The molecule has 2 aromatic carbocycles. The molecule has 0 saturated heterocycles. The van der Waals surface area contributed by atoms with Gasteiger partial charge in [0.05, 0.1) is 17.9 Å². The van der Waals surface area contributed by atoms with Crippen molar-refractivity contribution in [1.82, 2.24) is 4.98 Å². The maximum Gasteiger partial charge on any atom is 0.416 e. The van der Waals surface area contributed by atoms with Gasteiger partial charge >= 0.3 is 6.18 Å². The van der Waals surface area contributed by atoms with Crippen molar-refractivity contribution in [1.29, 1.82) is 0 Å². The van der Waals surface area contributed by atoms with E-state index in [1.807, 2.05) is 5.38 Å². The van der Waals surface area contributed by atoms with Crippen molar-refractivity contribution in [2.75, 3.05) is 6.61 Å². The lowest BCUT2D eigenvalue weighted by Crippen LogP contribution is -2.04. The minimum absolute atomic E-state index is 0.181. The third kappa shape index (κ3) is 4.36. The first kappa shape index (κ1) is 17.4. The normalized spacial score (nSPS) is 11.5. The molecule has 1 aromatic heterocycles. The van der Waals surface area contributed by atoms with Crippen LogP contribution in [0.3, 0.4) is 0 Å². The van der Waals surface area contributed by atoms with Gasteiger partial charge in [-0.3, -0.25) is 0 Å². The van der Waals surface area contributed by atoms with E-state index in [0.29, 0.717) is 17.0 Å². The predicted octanol–water partition coefficient (Wildman–Crippen LogP) is 5.59. The molecule has 3 aromatic rings. The Morgan fingerprint density at radius 1 is 1.00 bits per heavy atom. The number of rotatable bonds is 5. The highest BCUT2D eigenvalue weighted by molar-refractivity contribution is 7.13. The van der Waals surface area contributed by atoms with Crippen molar-refractivity contribution in [3.05, 3.63) is 71.0 Å². The van der Waals surface area contributed by atoms with E-state index in [2.05, 4.69) is 4.98 Å². The SMILES string of the molecule is Fc1ccccc1OCCc1csc(-c2ccc(C(F)(F)F)cc2)n1. The second-order valence-electron chi connectivity index (χ2n) is 5.25. The van der Waals surface area contributed by atoms with Crippen LogP contribution in [0.2, 0.25) is 0 Å². The van der Waals surface area contributed by atoms with E-state index in [1.54, 1.807) is 18.2 Å². The number of aromatic nitrogens is 1. The second-order valence-corrected chi connectivity index (χ2v) is 6.11. The lowest BCUT2D eigenvalue weighted by molar-refractivity contribution is -0.137. The Labute approximate surface area is 145 Å². The quantitative estimate of drug-likeness (QED) is 0.549. The van der Waals surface area contributed by atoms with E-state index in [0.717, 1.165) is 17.8 Å². The van der Waals surface area contributed by atoms with Gasteiger partial charge in [-0.05, 0) is 24.3 Å². The second kappa shape index (κ2) is 7.23. The number of thiazole rings is 1. The van der Waals surface area contributed by atoms with E-state index >= 15 is 0 Å². The van der Waals surface area contributed by atoms with Crippen LogP contribution in [0.25, 0.3) is 10.6 Å². The Morgan fingerprint density at radius 3 is 2.40 bits per heavy atom. The van der Waals surface area contributed by atoms with Gasteiger partial charge in [0.2, 0.25) is 0 Å². The summed E-state index contributed by atoms with van der Waals surface area (Å²) in [6.07, 6.45) is -3.87. The Balaban J connectivity index is 1.61. The molecule has 0 radical (unpaired) electrons. The number of halogens is 4. The van der Waals surface area contributed by atoms with E-state index in [-0.39, 0.29) is 12.4 Å². The summed E-state index contributed by atoms with van der Waals surface area (Å²) in [4.78, 5) is 4.39. The summed E-state index contributed by atoms with van der Waals surface area (Å²) in [5, 5.41) is 2.45. The van der Waals surface area contributed by atoms with Crippen molar-refractivity contribution in [2.45, 2.75) is 12.6 Å². The Morgan fingerprint density at radius 2 is 1.72 bits per heavy atom. The van der Waals surface area contributed by atoms with E-state index in [9.17, 15) is 17.6 Å². The first-order valence-corrected chi connectivity index (χ1v) is 8.31. The number of ether oxygens (including phenoxy) is 1. The van der Waals surface area contributed by atoms with Gasteiger partial charge in [0.25, 0.3) is 0 Å². The molecular formula is C18H13F4NOS. The first-order chi connectivity index (χ1) is 11.9. The molecule has 0 amide bonds. The molecule has 0 saturated carbocycles. The summed E-state index contributed by atoms with van der Waals surface area (Å²) in [5.41, 5.74) is 0.682. The Hall–Kier alpha value is -2.41. The fourth-order valence-electron chi connectivity index (χ4n) is 2.18. The molecule has 3 rings (SSSR count). The zero-order valence-corrected chi connectivity index (χ0v) is 13.7. The van der Waals surface area contributed by atoms with Crippen LogP contribution in [-0.4, -0.2) is 11.6 Å². The standard InChI is InChI=1S/C18H13F4NOS/c19-15-3-1-2-4-16(15)24-10-9-14-11-25-17(23-14)12-5-7-13(8-6-12)18(20,21)22/h1-8,11H,9-10H2. The molecule has 2 nitrogen and oxygen atoms in total. The van der Waals surface area contributed by atoms with Gasteiger partial charge in [0.1, 0.15) is 5.01 Å². The Bertz CT molecular complexity index is 843. The van der Waals surface area contributed by atoms with Crippen molar-refractivity contribution in [3.63, 3.8) is 0 Å². The smallest absolute Gasteiger partial charge is 0.416 e. The lowest BCUT2D eigenvalue weighted by Gasteiger charge is -2.06. The molecule has 0 spiro atoms. The third-order valence-corrected chi connectivity index (χ3v) is 4.40. The van der Waals surface area contributed by atoms with Gasteiger partial charge in [-0.2, -0.15) is 13.2 Å². The molecular weight excluding hydrogens is 354 g/mol. The van der Waals surface area contributed by atoms with Gasteiger partial charge < -0.3 is 4.74 Å². The number of benzene rings is 2. The summed E-state index contributed by atoms with van der Waals surface area (Å²) < 4.78 is 56.6. The van der Waals surface area contributed by atoms with Crippen LogP contribution >= 0.6 is 11.3 Å². The van der Waals surface area contributed by atoms with Gasteiger partial charge in [-0.25, -0.2) is 9.37 Å². The van der Waals surface area contributed by atoms with Crippen LogP contribution in [0.1, 0.15) is 11.3 Å². The van der Waals surface area contributed by atoms with E-state index in [1.165, 1.54) is 29.5 Å². The molecule has 0 fully saturated rings. The van der Waals surface area contributed by atoms with Crippen LogP contribution in [0, 0.1) is 5.82 Å². The summed E-state index contributed by atoms with van der Waals surface area (Å²) in [6.45, 7) is 0.261. The summed E-state index contributed by atoms with van der Waals surface area (Å²) in [5.74, 6) is -0.244. The van der Waals surface area contributed by atoms with Crippen molar-refractivity contribution in [3.8, 4) is 16.3 Å². The third-order valence-electron chi connectivity index (χ3n) is 3.46. The largest absolute Gasteiger partial charge is 0.490 e. The molecule has 0 aliphatic heterocycles. The number of para-hydroxylation sites is 1. The summed E-state index contributed by atoms with van der Waals surface area (Å²) in [6, 6.07) is 11.0. The number of alkyl halides is 3. The first-order valence-electron chi connectivity index (χ1n) is 7.43. The minimum atomic E-state index is -4.35. The fraction of sp³-hybridized carbons (Fsp3) is 0.167. The average Bonchev–Trinajstić information content (AvgIpc) is 3.05. The van der Waals surface area contributed by atoms with E-state index < -0.39 is 17.6 Å². The Kier molecular flexibility index (Phi) is 5.03. The van der Waals surface area contributed by atoms with Crippen LogP contribution < -0.4 is 4.74 Å². The fourth-order valence-corrected chi connectivity index (χ4v) is 3.04. The van der Waals surface area contributed by atoms with E-state index in [4.69, 9.17) is 4.74 Å². The highest BCUT2D eigenvalue weighted by atomic mass is 32.1. The molecule has 130 valence electrons. The maximum absolute atomic E-state index is 13.4. The monoisotopic (exact) mass is 367 g/mol. The molecule has 25 heavy (non-hydrogen) atoms. The predicted molar refractivity (Wildman–Crippen MR) is 88.2 cm³/mol. The topological polar surface area (TPSA) is 22.1 Å². The van der Waals surface area contributed by atoms with Crippen LogP contribution in [0.15, 0.2) is 53.9 Å². The van der Waals surface area contributed by atoms with Gasteiger partial charge in [0, 0.05) is 17.4 Å².